The van der Waals surface area contributed by atoms with Crippen LogP contribution in [0.4, 0.5) is 5.69 Å². The van der Waals surface area contributed by atoms with Crippen molar-refractivity contribution in [3.8, 4) is 0 Å². The van der Waals surface area contributed by atoms with Crippen molar-refractivity contribution in [3.63, 3.8) is 0 Å². The van der Waals surface area contributed by atoms with Gasteiger partial charge in [-0.15, -0.1) is 0 Å². The van der Waals surface area contributed by atoms with Gasteiger partial charge in [0, 0.05) is 17.7 Å². The molecular formula is C14H16N2O2. The highest BCUT2D eigenvalue weighted by atomic mass is 16.4. The van der Waals surface area contributed by atoms with Crippen LogP contribution in [-0.4, -0.2) is 10.8 Å². The molecular weight excluding hydrogens is 228 g/mol. The normalized spacial score (nSPS) is 10.3. The third-order valence-corrected chi connectivity index (χ3v) is 2.64. The molecule has 94 valence electrons. The van der Waals surface area contributed by atoms with E-state index in [2.05, 4.69) is 10.3 Å². The van der Waals surface area contributed by atoms with Crippen LogP contribution in [-0.2, 0) is 6.54 Å². The molecule has 1 aromatic carbocycles. The minimum atomic E-state index is 0.157. The number of nitrogens with one attached hydrogen (secondary N) is 1. The van der Waals surface area contributed by atoms with E-state index in [1.165, 1.54) is 0 Å². The maximum atomic E-state index is 11.5. The van der Waals surface area contributed by atoms with Gasteiger partial charge in [-0.05, 0) is 31.2 Å². The van der Waals surface area contributed by atoms with Gasteiger partial charge >= 0.3 is 0 Å². The Balaban J connectivity index is 1.96. The third-order valence-electron chi connectivity index (χ3n) is 2.64. The zero-order valence-corrected chi connectivity index (χ0v) is 10.6. The number of anilines is 1. The molecule has 4 nitrogen and oxygen atoms in total. The molecule has 0 atom stereocenters. The number of aromatic nitrogens is 1. The summed E-state index contributed by atoms with van der Waals surface area (Å²) in [6, 6.07) is 7.43. The quantitative estimate of drug-likeness (QED) is 0.821. The molecule has 0 unspecified atom stereocenters. The lowest BCUT2D eigenvalue weighted by Crippen LogP contribution is -2.01. The van der Waals surface area contributed by atoms with Gasteiger partial charge in [-0.1, -0.05) is 6.92 Å². The van der Waals surface area contributed by atoms with Gasteiger partial charge in [0.05, 0.1) is 12.7 Å². The van der Waals surface area contributed by atoms with Crippen molar-refractivity contribution in [3.05, 3.63) is 47.7 Å². The molecule has 0 spiro atoms. The van der Waals surface area contributed by atoms with E-state index in [1.54, 1.807) is 6.20 Å². The van der Waals surface area contributed by atoms with Gasteiger partial charge in [-0.3, -0.25) is 4.79 Å². The molecule has 4 heteroatoms. The van der Waals surface area contributed by atoms with E-state index in [0.717, 1.165) is 17.0 Å². The molecule has 1 aromatic heterocycles. The van der Waals surface area contributed by atoms with Gasteiger partial charge < -0.3 is 9.73 Å². The van der Waals surface area contributed by atoms with Gasteiger partial charge in [0.25, 0.3) is 0 Å². The molecule has 1 heterocycles. The van der Waals surface area contributed by atoms with Crippen molar-refractivity contribution in [1.82, 2.24) is 4.98 Å². The monoisotopic (exact) mass is 244 g/mol. The summed E-state index contributed by atoms with van der Waals surface area (Å²) < 4.78 is 5.36. The summed E-state index contributed by atoms with van der Waals surface area (Å²) in [6.45, 7) is 4.26. The minimum absolute atomic E-state index is 0.157. The van der Waals surface area contributed by atoms with Crippen molar-refractivity contribution >= 4 is 11.5 Å². The van der Waals surface area contributed by atoms with Crippen LogP contribution in [0.1, 0.15) is 35.4 Å². The van der Waals surface area contributed by atoms with Crippen LogP contribution in [0.5, 0.6) is 0 Å². The van der Waals surface area contributed by atoms with Crippen LogP contribution in [0, 0.1) is 6.92 Å². The van der Waals surface area contributed by atoms with Crippen LogP contribution in [0.3, 0.4) is 0 Å². The Hall–Kier alpha value is -2.10. The Labute approximate surface area is 106 Å². The van der Waals surface area contributed by atoms with Gasteiger partial charge in [-0.25, -0.2) is 4.98 Å². The van der Waals surface area contributed by atoms with E-state index >= 15 is 0 Å². The summed E-state index contributed by atoms with van der Waals surface area (Å²) in [7, 11) is 0. The van der Waals surface area contributed by atoms with E-state index in [4.69, 9.17) is 4.42 Å². The number of carbonyl (C=O) groups is 1. The highest BCUT2D eigenvalue weighted by Crippen LogP contribution is 2.12. The smallest absolute Gasteiger partial charge is 0.213 e. The molecule has 2 rings (SSSR count). The molecule has 0 aliphatic rings. The van der Waals surface area contributed by atoms with Crippen molar-refractivity contribution in [2.45, 2.75) is 26.8 Å². The van der Waals surface area contributed by atoms with Gasteiger partial charge in [0.1, 0.15) is 5.76 Å². The maximum Gasteiger partial charge on any atom is 0.213 e. The third kappa shape index (κ3) is 2.97. The van der Waals surface area contributed by atoms with Gasteiger partial charge in [0.2, 0.25) is 5.89 Å². The Morgan fingerprint density at radius 2 is 2.06 bits per heavy atom. The van der Waals surface area contributed by atoms with Crippen molar-refractivity contribution in [2.75, 3.05) is 5.32 Å². The number of Topliss-reactive ketones (excluding diaryl/α,β-unsaturated/α-hetero) is 1. The van der Waals surface area contributed by atoms with Crippen molar-refractivity contribution in [2.24, 2.45) is 0 Å². The summed E-state index contributed by atoms with van der Waals surface area (Å²) in [5.74, 6) is 1.61. The molecule has 0 bridgehead atoms. The summed E-state index contributed by atoms with van der Waals surface area (Å²) in [5, 5.41) is 3.19. The SMILES string of the molecule is CCC(=O)c1ccc(NCc2ncc(C)o2)cc1. The second kappa shape index (κ2) is 5.49. The number of benzene rings is 1. The first-order chi connectivity index (χ1) is 8.69. The first kappa shape index (κ1) is 12.4. The molecule has 18 heavy (non-hydrogen) atoms. The van der Waals surface area contributed by atoms with Crippen molar-refractivity contribution in [1.29, 1.82) is 0 Å². The number of hydrogen-bond acceptors (Lipinski definition) is 4. The lowest BCUT2D eigenvalue weighted by Gasteiger charge is -2.04. The van der Waals surface area contributed by atoms with Crippen molar-refractivity contribution < 1.29 is 9.21 Å². The minimum Gasteiger partial charge on any atom is -0.444 e. The molecule has 2 aromatic rings. The number of hydrogen-bond donors (Lipinski definition) is 1. The average Bonchev–Trinajstić information content (AvgIpc) is 2.82. The molecule has 1 N–H and O–H groups in total. The highest BCUT2D eigenvalue weighted by molar-refractivity contribution is 5.96. The zero-order valence-electron chi connectivity index (χ0n) is 10.6. The second-order valence-corrected chi connectivity index (χ2v) is 4.07. The standard InChI is InChI=1S/C14H16N2O2/c1-3-13(17)11-4-6-12(7-5-11)15-9-14-16-8-10(2)18-14/h4-8,15H,3,9H2,1-2H3. The van der Waals surface area contributed by atoms with Crippen LogP contribution in [0.15, 0.2) is 34.9 Å². The molecule has 0 aliphatic heterocycles. The summed E-state index contributed by atoms with van der Waals surface area (Å²) in [4.78, 5) is 15.6. The number of oxazole rings is 1. The first-order valence-corrected chi connectivity index (χ1v) is 5.97. The van der Waals surface area contributed by atoms with E-state index in [-0.39, 0.29) is 5.78 Å². The number of nitrogens with zero attached hydrogens (tertiary/aromatic N) is 1. The van der Waals surface area contributed by atoms with Crippen LogP contribution in [0.25, 0.3) is 0 Å². The number of carbonyl (C=O) groups excluding carboxylic acids is 1. The Morgan fingerprint density at radius 1 is 1.33 bits per heavy atom. The fraction of sp³-hybridized carbons (Fsp3) is 0.286. The molecule has 0 fully saturated rings. The summed E-state index contributed by atoms with van der Waals surface area (Å²) in [6.07, 6.45) is 2.22. The highest BCUT2D eigenvalue weighted by Gasteiger charge is 2.03. The number of aryl methyl sites for hydroxylation is 1. The van der Waals surface area contributed by atoms with Crippen LogP contribution in [0.2, 0.25) is 0 Å². The first-order valence-electron chi connectivity index (χ1n) is 5.97. The average molecular weight is 244 g/mol. The predicted molar refractivity (Wildman–Crippen MR) is 69.6 cm³/mol. The second-order valence-electron chi connectivity index (χ2n) is 4.07. The molecule has 0 radical (unpaired) electrons. The lowest BCUT2D eigenvalue weighted by molar-refractivity contribution is 0.0988. The molecule has 0 aliphatic carbocycles. The topological polar surface area (TPSA) is 55.1 Å². The van der Waals surface area contributed by atoms with Gasteiger partial charge in [0.15, 0.2) is 5.78 Å². The molecule has 0 saturated carbocycles. The Morgan fingerprint density at radius 3 is 2.61 bits per heavy atom. The van der Waals surface area contributed by atoms with E-state index in [1.807, 2.05) is 38.1 Å². The van der Waals surface area contributed by atoms with Crippen LogP contribution >= 0.6 is 0 Å². The summed E-state index contributed by atoms with van der Waals surface area (Å²) >= 11 is 0. The number of ketones is 1. The fourth-order valence-corrected chi connectivity index (χ4v) is 1.64. The van der Waals surface area contributed by atoms with E-state index in [9.17, 15) is 4.79 Å². The lowest BCUT2D eigenvalue weighted by atomic mass is 10.1. The largest absolute Gasteiger partial charge is 0.444 e. The van der Waals surface area contributed by atoms with Gasteiger partial charge in [-0.2, -0.15) is 0 Å². The Kier molecular flexibility index (Phi) is 3.77. The van der Waals surface area contributed by atoms with E-state index in [0.29, 0.717) is 18.9 Å². The fourth-order valence-electron chi connectivity index (χ4n) is 1.64. The summed E-state index contributed by atoms with van der Waals surface area (Å²) in [5.41, 5.74) is 1.69. The maximum absolute atomic E-state index is 11.5. The van der Waals surface area contributed by atoms with E-state index < -0.39 is 0 Å². The number of rotatable bonds is 5. The molecule has 0 amide bonds. The predicted octanol–water partition coefficient (Wildman–Crippen LogP) is 3.19. The Bertz CT molecular complexity index is 529. The molecule has 0 saturated heterocycles. The zero-order chi connectivity index (χ0) is 13.0. The van der Waals surface area contributed by atoms with Crippen LogP contribution < -0.4 is 5.32 Å².